The molecule has 20 heavy (non-hydrogen) atoms. The molecule has 0 aliphatic rings. The Morgan fingerprint density at radius 3 is 2.35 bits per heavy atom. The zero-order chi connectivity index (χ0) is 14.3. The van der Waals surface area contributed by atoms with Crippen LogP contribution in [0.3, 0.4) is 0 Å². The topological polar surface area (TPSA) is 25.8 Å². The van der Waals surface area contributed by atoms with Gasteiger partial charge in [-0.25, -0.2) is 14.4 Å². The maximum absolute atomic E-state index is 13.8. The van der Waals surface area contributed by atoms with Gasteiger partial charge in [-0.1, -0.05) is 35.9 Å². The number of fused-ring (bicyclic) bond motifs is 1. The Morgan fingerprint density at radius 2 is 1.65 bits per heavy atom. The van der Waals surface area contributed by atoms with Gasteiger partial charge in [-0.3, -0.25) is 0 Å². The van der Waals surface area contributed by atoms with Crippen LogP contribution >= 0.6 is 11.6 Å². The van der Waals surface area contributed by atoms with Crippen LogP contribution in [-0.2, 0) is 0 Å². The van der Waals surface area contributed by atoms with Crippen LogP contribution in [0.5, 0.6) is 0 Å². The van der Waals surface area contributed by atoms with Gasteiger partial charge in [0.25, 0.3) is 0 Å². The van der Waals surface area contributed by atoms with Crippen LogP contribution in [0.2, 0.25) is 5.15 Å². The third-order valence-corrected chi connectivity index (χ3v) is 3.81. The van der Waals surface area contributed by atoms with E-state index in [2.05, 4.69) is 9.97 Å². The van der Waals surface area contributed by atoms with E-state index in [1.54, 1.807) is 12.1 Å². The number of aryl methyl sites for hydroxylation is 1. The number of hydrogen-bond donors (Lipinski definition) is 0. The van der Waals surface area contributed by atoms with E-state index < -0.39 is 0 Å². The maximum Gasteiger partial charge on any atom is 0.161 e. The normalized spacial score (nSPS) is 11.0. The minimum absolute atomic E-state index is 0.251. The van der Waals surface area contributed by atoms with Crippen molar-refractivity contribution in [3.8, 4) is 11.4 Å². The molecule has 0 radical (unpaired) electrons. The van der Waals surface area contributed by atoms with Crippen LogP contribution < -0.4 is 0 Å². The molecule has 0 bridgehead atoms. The van der Waals surface area contributed by atoms with Gasteiger partial charge in [0.05, 0.1) is 0 Å². The van der Waals surface area contributed by atoms with Crippen molar-refractivity contribution in [2.45, 2.75) is 13.8 Å². The molecule has 0 atom stereocenters. The molecule has 0 saturated heterocycles. The van der Waals surface area contributed by atoms with E-state index in [0.29, 0.717) is 16.4 Å². The molecule has 0 aliphatic carbocycles. The van der Waals surface area contributed by atoms with Gasteiger partial charge >= 0.3 is 0 Å². The van der Waals surface area contributed by atoms with Gasteiger partial charge in [-0.05, 0) is 31.4 Å². The average Bonchev–Trinajstić information content (AvgIpc) is 2.45. The van der Waals surface area contributed by atoms with Gasteiger partial charge in [0.2, 0.25) is 0 Å². The van der Waals surface area contributed by atoms with Gasteiger partial charge in [0.15, 0.2) is 5.82 Å². The summed E-state index contributed by atoms with van der Waals surface area (Å²) < 4.78 is 13.8. The fourth-order valence-corrected chi connectivity index (χ4v) is 2.39. The van der Waals surface area contributed by atoms with Crippen LogP contribution in [0.15, 0.2) is 36.4 Å². The van der Waals surface area contributed by atoms with Crippen molar-refractivity contribution in [1.29, 1.82) is 0 Å². The summed E-state index contributed by atoms with van der Waals surface area (Å²) in [6.45, 7) is 3.77. The van der Waals surface area contributed by atoms with E-state index in [0.717, 1.165) is 22.2 Å². The predicted molar refractivity (Wildman–Crippen MR) is 79.4 cm³/mol. The van der Waals surface area contributed by atoms with Crippen molar-refractivity contribution in [3.05, 3.63) is 58.6 Å². The van der Waals surface area contributed by atoms with Crippen molar-refractivity contribution in [2.24, 2.45) is 0 Å². The molecular weight excluding hydrogens is 275 g/mol. The van der Waals surface area contributed by atoms with Crippen molar-refractivity contribution in [2.75, 3.05) is 0 Å². The highest BCUT2D eigenvalue weighted by Crippen LogP contribution is 2.29. The molecule has 1 aromatic heterocycles. The summed E-state index contributed by atoms with van der Waals surface area (Å²) in [5, 5.41) is 1.77. The minimum Gasteiger partial charge on any atom is -0.233 e. The van der Waals surface area contributed by atoms with Crippen molar-refractivity contribution in [3.63, 3.8) is 0 Å². The van der Waals surface area contributed by atoms with Crippen LogP contribution in [0.25, 0.3) is 22.2 Å². The van der Waals surface area contributed by atoms with Crippen LogP contribution in [0.4, 0.5) is 4.39 Å². The van der Waals surface area contributed by atoms with Gasteiger partial charge in [-0.15, -0.1) is 0 Å². The monoisotopic (exact) mass is 286 g/mol. The Balaban J connectivity index is 2.33. The van der Waals surface area contributed by atoms with Crippen LogP contribution in [0.1, 0.15) is 11.3 Å². The van der Waals surface area contributed by atoms with Gasteiger partial charge < -0.3 is 0 Å². The lowest BCUT2D eigenvalue weighted by atomic mass is 10.0. The zero-order valence-corrected chi connectivity index (χ0v) is 11.9. The Hall–Kier alpha value is -2.00. The summed E-state index contributed by atoms with van der Waals surface area (Å²) in [5.74, 6) is 0.272. The average molecular weight is 287 g/mol. The number of rotatable bonds is 1. The molecule has 0 unspecified atom stereocenters. The number of aromatic nitrogens is 2. The molecule has 3 rings (SSSR count). The molecule has 0 aliphatic heterocycles. The molecular formula is C16H12ClFN2. The first-order valence-corrected chi connectivity index (χ1v) is 6.64. The molecule has 4 heteroatoms. The quantitative estimate of drug-likeness (QED) is 0.606. The van der Waals surface area contributed by atoms with Crippen LogP contribution in [0, 0.1) is 19.7 Å². The molecule has 1 heterocycles. The third kappa shape index (κ3) is 2.04. The van der Waals surface area contributed by atoms with Gasteiger partial charge in [0, 0.05) is 22.2 Å². The maximum atomic E-state index is 13.8. The van der Waals surface area contributed by atoms with E-state index in [4.69, 9.17) is 11.6 Å². The third-order valence-electron chi connectivity index (χ3n) is 3.44. The van der Waals surface area contributed by atoms with Crippen molar-refractivity contribution >= 4 is 22.4 Å². The highest BCUT2D eigenvalue weighted by molar-refractivity contribution is 6.30. The largest absolute Gasteiger partial charge is 0.233 e. The summed E-state index contributed by atoms with van der Waals surface area (Å²) in [7, 11) is 0. The minimum atomic E-state index is -0.251. The van der Waals surface area contributed by atoms with E-state index in [-0.39, 0.29) is 5.82 Å². The molecule has 2 aromatic carbocycles. The lowest BCUT2D eigenvalue weighted by Gasteiger charge is -2.09. The molecule has 0 saturated carbocycles. The fraction of sp³-hybridized carbons (Fsp3) is 0.125. The standard InChI is InChI=1S/C16H12ClFN2/c1-9-10(2)19-16(20-15(9)17)13-7-8-14(18)12-6-4-3-5-11(12)13/h3-8H,1-2H3. The van der Waals surface area contributed by atoms with E-state index in [1.165, 1.54) is 6.07 Å². The van der Waals surface area contributed by atoms with Gasteiger partial charge in [0.1, 0.15) is 11.0 Å². The Bertz CT molecular complexity index is 792. The molecule has 0 amide bonds. The molecule has 0 fully saturated rings. The van der Waals surface area contributed by atoms with E-state index >= 15 is 0 Å². The lowest BCUT2D eigenvalue weighted by Crippen LogP contribution is -1.97. The predicted octanol–water partition coefficient (Wildman–Crippen LogP) is 4.71. The molecule has 0 spiro atoms. The SMILES string of the molecule is Cc1nc(-c2ccc(F)c3ccccc23)nc(Cl)c1C. The van der Waals surface area contributed by atoms with E-state index in [9.17, 15) is 4.39 Å². The Kier molecular flexibility index (Phi) is 3.14. The Morgan fingerprint density at radius 1 is 0.950 bits per heavy atom. The Labute approximate surface area is 121 Å². The first-order chi connectivity index (χ1) is 9.58. The second-order valence-corrected chi connectivity index (χ2v) is 5.05. The summed E-state index contributed by atoms with van der Waals surface area (Å²) >= 11 is 6.13. The zero-order valence-electron chi connectivity index (χ0n) is 11.1. The summed E-state index contributed by atoms with van der Waals surface area (Å²) in [4.78, 5) is 8.78. The fourth-order valence-electron chi connectivity index (χ4n) is 2.17. The van der Waals surface area contributed by atoms with Gasteiger partial charge in [-0.2, -0.15) is 0 Å². The summed E-state index contributed by atoms with van der Waals surface area (Å²) in [6.07, 6.45) is 0. The number of nitrogens with zero attached hydrogens (tertiary/aromatic N) is 2. The first-order valence-electron chi connectivity index (χ1n) is 6.26. The first kappa shape index (κ1) is 13.0. The number of halogens is 2. The summed E-state index contributed by atoms with van der Waals surface area (Å²) in [6, 6.07) is 10.4. The molecule has 2 nitrogen and oxygen atoms in total. The van der Waals surface area contributed by atoms with Crippen LogP contribution in [-0.4, -0.2) is 9.97 Å². The number of benzene rings is 2. The van der Waals surface area contributed by atoms with Crippen molar-refractivity contribution in [1.82, 2.24) is 9.97 Å². The molecule has 100 valence electrons. The second kappa shape index (κ2) is 4.84. The van der Waals surface area contributed by atoms with E-state index in [1.807, 2.05) is 32.0 Å². The van der Waals surface area contributed by atoms with Crippen molar-refractivity contribution < 1.29 is 4.39 Å². The number of hydrogen-bond acceptors (Lipinski definition) is 2. The second-order valence-electron chi connectivity index (χ2n) is 4.69. The smallest absolute Gasteiger partial charge is 0.161 e. The molecule has 3 aromatic rings. The summed E-state index contributed by atoms with van der Waals surface area (Å²) in [5.41, 5.74) is 2.47. The lowest BCUT2D eigenvalue weighted by molar-refractivity contribution is 0.640. The highest BCUT2D eigenvalue weighted by Gasteiger charge is 2.12. The highest BCUT2D eigenvalue weighted by atomic mass is 35.5. The molecule has 0 N–H and O–H groups in total.